The van der Waals surface area contributed by atoms with Gasteiger partial charge in [0.2, 0.25) is 5.95 Å². The topological polar surface area (TPSA) is 50.3 Å². The van der Waals surface area contributed by atoms with Crippen LogP contribution in [-0.2, 0) is 6.61 Å². The van der Waals surface area contributed by atoms with Crippen LogP contribution in [0.1, 0.15) is 5.56 Å². The molecule has 1 N–H and O–H groups in total. The fourth-order valence-electron chi connectivity index (χ4n) is 2.21. The van der Waals surface area contributed by atoms with Crippen molar-refractivity contribution in [3.8, 4) is 5.75 Å². The van der Waals surface area contributed by atoms with Crippen molar-refractivity contribution in [3.63, 3.8) is 0 Å². The Hall–Kier alpha value is -1.92. The summed E-state index contributed by atoms with van der Waals surface area (Å²) >= 11 is 0. The molecule has 0 radical (unpaired) electrons. The molecule has 1 aliphatic heterocycles. The molecule has 1 saturated heterocycles. The first-order valence-corrected chi connectivity index (χ1v) is 6.96. The van der Waals surface area contributed by atoms with Gasteiger partial charge in [-0.2, -0.15) is 0 Å². The van der Waals surface area contributed by atoms with Gasteiger partial charge in [-0.25, -0.2) is 14.4 Å². The summed E-state index contributed by atoms with van der Waals surface area (Å²) in [5.41, 5.74) is 0.779. The van der Waals surface area contributed by atoms with Crippen LogP contribution in [0.25, 0.3) is 0 Å². The zero-order valence-corrected chi connectivity index (χ0v) is 12.9. The number of anilines is 1. The van der Waals surface area contributed by atoms with Gasteiger partial charge in [0.25, 0.3) is 0 Å². The van der Waals surface area contributed by atoms with Gasteiger partial charge in [0.15, 0.2) is 5.75 Å². The molecule has 1 aliphatic rings. The summed E-state index contributed by atoms with van der Waals surface area (Å²) in [6, 6.07) is 6.35. The minimum atomic E-state index is -0.263. The van der Waals surface area contributed by atoms with Gasteiger partial charge in [0.1, 0.15) is 12.4 Å². The zero-order chi connectivity index (χ0) is 14.5. The Bertz CT molecular complexity index is 590. The van der Waals surface area contributed by atoms with E-state index in [0.717, 1.165) is 37.7 Å². The van der Waals surface area contributed by atoms with E-state index >= 15 is 0 Å². The number of halogens is 2. The van der Waals surface area contributed by atoms with Crippen LogP contribution in [0.4, 0.5) is 10.3 Å². The molecule has 3 rings (SSSR count). The molecule has 1 aromatic heterocycles. The van der Waals surface area contributed by atoms with E-state index in [1.807, 2.05) is 6.07 Å². The molecule has 0 aliphatic carbocycles. The highest BCUT2D eigenvalue weighted by Crippen LogP contribution is 2.14. The number of nitrogens with zero attached hydrogens (tertiary/aromatic N) is 3. The minimum Gasteiger partial charge on any atom is -0.486 e. The molecule has 7 heteroatoms. The average molecular weight is 325 g/mol. The van der Waals surface area contributed by atoms with Crippen LogP contribution < -0.4 is 15.0 Å². The minimum absolute atomic E-state index is 0. The Morgan fingerprint density at radius 1 is 1.18 bits per heavy atom. The van der Waals surface area contributed by atoms with E-state index in [-0.39, 0.29) is 18.2 Å². The standard InChI is InChI=1S/C15H17FN4O.ClH/c16-13-3-1-2-12(8-13)11-21-14-9-18-15(19-10-14)20-6-4-17-5-7-20;/h1-3,8-10,17H,4-7,11H2;1H. The Morgan fingerprint density at radius 3 is 2.59 bits per heavy atom. The molecule has 0 saturated carbocycles. The number of hydrogen-bond acceptors (Lipinski definition) is 5. The summed E-state index contributed by atoms with van der Waals surface area (Å²) in [7, 11) is 0. The molecule has 1 aromatic carbocycles. The van der Waals surface area contributed by atoms with Crippen molar-refractivity contribution < 1.29 is 9.13 Å². The lowest BCUT2D eigenvalue weighted by Gasteiger charge is -2.27. The van der Waals surface area contributed by atoms with E-state index in [4.69, 9.17) is 4.74 Å². The number of benzene rings is 1. The molecule has 0 amide bonds. The van der Waals surface area contributed by atoms with Crippen molar-refractivity contribution in [1.29, 1.82) is 0 Å². The maximum atomic E-state index is 13.1. The van der Waals surface area contributed by atoms with E-state index in [9.17, 15) is 4.39 Å². The van der Waals surface area contributed by atoms with Gasteiger partial charge in [-0.15, -0.1) is 12.4 Å². The molecule has 0 spiro atoms. The lowest BCUT2D eigenvalue weighted by atomic mass is 10.2. The first-order valence-electron chi connectivity index (χ1n) is 6.96. The first kappa shape index (κ1) is 16.5. The van der Waals surface area contributed by atoms with Crippen molar-refractivity contribution >= 4 is 18.4 Å². The van der Waals surface area contributed by atoms with Gasteiger partial charge in [0, 0.05) is 26.2 Å². The number of hydrogen-bond donors (Lipinski definition) is 1. The molecule has 22 heavy (non-hydrogen) atoms. The maximum Gasteiger partial charge on any atom is 0.225 e. The van der Waals surface area contributed by atoms with Crippen molar-refractivity contribution in [3.05, 3.63) is 48.0 Å². The zero-order valence-electron chi connectivity index (χ0n) is 12.0. The summed E-state index contributed by atoms with van der Waals surface area (Å²) in [5, 5.41) is 3.29. The van der Waals surface area contributed by atoms with Crippen LogP contribution in [0.5, 0.6) is 5.75 Å². The molecular formula is C15H18ClFN4O. The number of piperazine rings is 1. The largest absolute Gasteiger partial charge is 0.486 e. The molecule has 2 heterocycles. The summed E-state index contributed by atoms with van der Waals surface area (Å²) in [4.78, 5) is 10.8. The fourth-order valence-corrected chi connectivity index (χ4v) is 2.21. The average Bonchev–Trinajstić information content (AvgIpc) is 2.54. The number of nitrogens with one attached hydrogen (secondary N) is 1. The summed E-state index contributed by atoms with van der Waals surface area (Å²) < 4.78 is 18.6. The van der Waals surface area contributed by atoms with Gasteiger partial charge in [0.05, 0.1) is 12.4 Å². The van der Waals surface area contributed by atoms with Crippen molar-refractivity contribution in [2.24, 2.45) is 0 Å². The van der Waals surface area contributed by atoms with Crippen molar-refractivity contribution in [1.82, 2.24) is 15.3 Å². The Kier molecular flexibility index (Phi) is 5.91. The van der Waals surface area contributed by atoms with Crippen LogP contribution in [0.15, 0.2) is 36.7 Å². The van der Waals surface area contributed by atoms with Crippen LogP contribution in [-0.4, -0.2) is 36.1 Å². The van der Waals surface area contributed by atoms with Crippen LogP contribution in [0.3, 0.4) is 0 Å². The number of ether oxygens (including phenoxy) is 1. The predicted molar refractivity (Wildman–Crippen MR) is 85.1 cm³/mol. The highest BCUT2D eigenvalue weighted by molar-refractivity contribution is 5.85. The Labute approximate surface area is 134 Å². The second-order valence-corrected chi connectivity index (χ2v) is 4.87. The monoisotopic (exact) mass is 324 g/mol. The third kappa shape index (κ3) is 4.29. The molecular weight excluding hydrogens is 307 g/mol. The predicted octanol–water partition coefficient (Wildman–Crippen LogP) is 2.03. The molecule has 5 nitrogen and oxygen atoms in total. The lowest BCUT2D eigenvalue weighted by molar-refractivity contribution is 0.303. The van der Waals surface area contributed by atoms with Crippen LogP contribution >= 0.6 is 12.4 Å². The summed E-state index contributed by atoms with van der Waals surface area (Å²) in [5.74, 6) is 1.04. The maximum absolute atomic E-state index is 13.1. The molecule has 0 atom stereocenters. The molecule has 118 valence electrons. The Morgan fingerprint density at radius 2 is 1.91 bits per heavy atom. The van der Waals surface area contributed by atoms with E-state index in [2.05, 4.69) is 20.2 Å². The molecule has 2 aromatic rings. The van der Waals surface area contributed by atoms with Crippen molar-refractivity contribution in [2.75, 3.05) is 31.1 Å². The van der Waals surface area contributed by atoms with Gasteiger partial charge >= 0.3 is 0 Å². The quantitative estimate of drug-likeness (QED) is 0.932. The fraction of sp³-hybridized carbons (Fsp3) is 0.333. The third-order valence-electron chi connectivity index (χ3n) is 3.31. The summed E-state index contributed by atoms with van der Waals surface area (Å²) in [6.45, 7) is 4.00. The molecule has 0 bridgehead atoms. The number of aromatic nitrogens is 2. The third-order valence-corrected chi connectivity index (χ3v) is 3.31. The Balaban J connectivity index is 0.00000176. The lowest BCUT2D eigenvalue weighted by Crippen LogP contribution is -2.44. The van der Waals surface area contributed by atoms with Gasteiger partial charge in [-0.05, 0) is 17.7 Å². The van der Waals surface area contributed by atoms with Crippen LogP contribution in [0.2, 0.25) is 0 Å². The van der Waals surface area contributed by atoms with E-state index < -0.39 is 0 Å². The summed E-state index contributed by atoms with van der Waals surface area (Å²) in [6.07, 6.45) is 3.31. The number of rotatable bonds is 4. The second kappa shape index (κ2) is 7.91. The van der Waals surface area contributed by atoms with E-state index in [1.54, 1.807) is 18.5 Å². The highest BCUT2D eigenvalue weighted by Gasteiger charge is 2.12. The SMILES string of the molecule is Cl.Fc1cccc(COc2cnc(N3CCNCC3)nc2)c1. The molecule has 1 fully saturated rings. The highest BCUT2D eigenvalue weighted by atomic mass is 35.5. The smallest absolute Gasteiger partial charge is 0.225 e. The normalized spacial score (nSPS) is 14.3. The van der Waals surface area contributed by atoms with Gasteiger partial charge in [-0.3, -0.25) is 0 Å². The van der Waals surface area contributed by atoms with E-state index in [0.29, 0.717) is 12.4 Å². The van der Waals surface area contributed by atoms with Gasteiger partial charge in [-0.1, -0.05) is 12.1 Å². The van der Waals surface area contributed by atoms with E-state index in [1.165, 1.54) is 12.1 Å². The van der Waals surface area contributed by atoms with Crippen molar-refractivity contribution in [2.45, 2.75) is 6.61 Å². The first-order chi connectivity index (χ1) is 10.3. The van der Waals surface area contributed by atoms with Crippen LogP contribution in [0, 0.1) is 5.82 Å². The van der Waals surface area contributed by atoms with Gasteiger partial charge < -0.3 is 15.0 Å². The second-order valence-electron chi connectivity index (χ2n) is 4.87. The molecule has 0 unspecified atom stereocenters.